The fourth-order valence-electron chi connectivity index (χ4n) is 4.39. The summed E-state index contributed by atoms with van der Waals surface area (Å²) in [5.41, 5.74) is -0.133. The van der Waals surface area contributed by atoms with E-state index in [1.54, 1.807) is 70.2 Å². The first-order chi connectivity index (χ1) is 17.4. The highest BCUT2D eigenvalue weighted by Crippen LogP contribution is 2.41. The minimum Gasteiger partial charge on any atom is -0.444 e. The van der Waals surface area contributed by atoms with E-state index in [0.717, 1.165) is 0 Å². The number of halogens is 2. The summed E-state index contributed by atoms with van der Waals surface area (Å²) < 4.78 is 11.2. The number of amides is 1. The Kier molecular flexibility index (Phi) is 7.53. The lowest BCUT2D eigenvalue weighted by atomic mass is 9.91. The summed E-state index contributed by atoms with van der Waals surface area (Å²) in [5.74, 6) is -0.403. The molecule has 2 atom stereocenters. The minimum absolute atomic E-state index is 0.0143. The Morgan fingerprint density at radius 1 is 1.11 bits per heavy atom. The topological polar surface area (TPSA) is 94.5 Å². The molecule has 1 amide bonds. The number of Topliss-reactive ketones (excluding diaryl/α,β-unsaturated/α-hetero) is 1. The number of likely N-dealkylation sites (tertiary alicyclic amines) is 1. The van der Waals surface area contributed by atoms with Gasteiger partial charge in [0.15, 0.2) is 11.4 Å². The second kappa shape index (κ2) is 10.3. The van der Waals surface area contributed by atoms with Gasteiger partial charge in [-0.1, -0.05) is 41.3 Å². The average Bonchev–Trinajstić information content (AvgIpc) is 3.42. The molecule has 8 nitrogen and oxygen atoms in total. The molecule has 2 aromatic carbocycles. The molecular weight excluding hydrogens is 519 g/mol. The third kappa shape index (κ3) is 5.91. The number of benzene rings is 2. The van der Waals surface area contributed by atoms with Crippen molar-refractivity contribution in [3.8, 4) is 5.75 Å². The average molecular weight is 547 g/mol. The van der Waals surface area contributed by atoms with Gasteiger partial charge < -0.3 is 14.3 Å². The molecule has 0 radical (unpaired) electrons. The molecule has 0 N–H and O–H groups in total. The summed E-state index contributed by atoms with van der Waals surface area (Å²) in [6.07, 6.45) is 0.125. The van der Waals surface area contributed by atoms with E-state index >= 15 is 0 Å². The summed E-state index contributed by atoms with van der Waals surface area (Å²) >= 11 is 12.7. The van der Waals surface area contributed by atoms with E-state index in [-0.39, 0.29) is 30.9 Å². The highest BCUT2D eigenvalue weighted by molar-refractivity contribution is 6.40. The highest BCUT2D eigenvalue weighted by atomic mass is 35.5. The molecule has 2 heterocycles. The van der Waals surface area contributed by atoms with Gasteiger partial charge in [-0.2, -0.15) is 0 Å². The first-order valence-electron chi connectivity index (χ1n) is 12.0. The third-order valence-corrected chi connectivity index (χ3v) is 6.74. The second-order valence-corrected chi connectivity index (χ2v) is 11.0. The Hall–Kier alpha value is -3.10. The Bertz CT molecular complexity index is 1230. The van der Waals surface area contributed by atoms with Crippen LogP contribution in [0.3, 0.4) is 0 Å². The number of nitrogens with zero attached hydrogens (tertiary/aromatic N) is 2. The molecule has 2 aliphatic heterocycles. The van der Waals surface area contributed by atoms with Crippen molar-refractivity contribution in [2.75, 3.05) is 6.54 Å². The molecule has 2 aromatic rings. The first kappa shape index (κ1) is 26.9. The number of carbonyl (C=O) groups is 3. The van der Waals surface area contributed by atoms with Crippen molar-refractivity contribution in [2.45, 2.75) is 64.2 Å². The Balaban J connectivity index is 1.56. The Morgan fingerprint density at radius 2 is 1.76 bits per heavy atom. The monoisotopic (exact) mass is 546 g/mol. The predicted molar refractivity (Wildman–Crippen MR) is 139 cm³/mol. The molecule has 0 aliphatic carbocycles. The maximum atomic E-state index is 13.3. The lowest BCUT2D eigenvalue weighted by molar-refractivity contribution is -0.139. The molecule has 2 aliphatic rings. The van der Waals surface area contributed by atoms with Gasteiger partial charge in [0.05, 0.1) is 22.3 Å². The number of ether oxygens (including phenoxy) is 2. The van der Waals surface area contributed by atoms with Gasteiger partial charge in [-0.05, 0) is 57.2 Å². The van der Waals surface area contributed by atoms with Crippen LogP contribution in [0, 0.1) is 0 Å². The summed E-state index contributed by atoms with van der Waals surface area (Å²) in [6.45, 7) is 7.07. The molecule has 37 heavy (non-hydrogen) atoms. The fourth-order valence-corrected chi connectivity index (χ4v) is 5.01. The molecule has 1 spiro atoms. The highest BCUT2D eigenvalue weighted by Gasteiger charge is 2.55. The third-order valence-electron chi connectivity index (χ3n) is 6.11. The lowest BCUT2D eigenvalue weighted by Crippen LogP contribution is -2.45. The lowest BCUT2D eigenvalue weighted by Gasteiger charge is -2.27. The van der Waals surface area contributed by atoms with E-state index in [1.165, 1.54) is 4.90 Å². The summed E-state index contributed by atoms with van der Waals surface area (Å²) in [6, 6.07) is 10.5. The summed E-state index contributed by atoms with van der Waals surface area (Å²) in [5, 5.41) is 5.08. The van der Waals surface area contributed by atoms with Crippen molar-refractivity contribution in [1.29, 1.82) is 0 Å². The van der Waals surface area contributed by atoms with Gasteiger partial charge in [0.2, 0.25) is 0 Å². The van der Waals surface area contributed by atoms with Crippen molar-refractivity contribution >= 4 is 46.8 Å². The van der Waals surface area contributed by atoms with Crippen molar-refractivity contribution in [2.24, 2.45) is 5.16 Å². The summed E-state index contributed by atoms with van der Waals surface area (Å²) in [4.78, 5) is 45.5. The number of hydrogen-bond donors (Lipinski definition) is 0. The minimum atomic E-state index is -0.983. The molecule has 1 fully saturated rings. The van der Waals surface area contributed by atoms with Gasteiger partial charge in [-0.25, -0.2) is 9.59 Å². The Morgan fingerprint density at radius 3 is 2.35 bits per heavy atom. The number of rotatable bonds is 5. The zero-order chi connectivity index (χ0) is 27.0. The molecule has 196 valence electrons. The molecule has 0 saturated carbocycles. The van der Waals surface area contributed by atoms with Gasteiger partial charge in [-0.15, -0.1) is 0 Å². The van der Waals surface area contributed by atoms with Crippen molar-refractivity contribution < 1.29 is 28.7 Å². The predicted octanol–water partition coefficient (Wildman–Crippen LogP) is 6.06. The van der Waals surface area contributed by atoms with E-state index < -0.39 is 29.3 Å². The molecule has 0 bridgehead atoms. The fraction of sp³-hybridized carbons (Fsp3) is 0.407. The molecule has 0 aromatic heterocycles. The zero-order valence-corrected chi connectivity index (χ0v) is 22.6. The van der Waals surface area contributed by atoms with E-state index in [0.29, 0.717) is 33.3 Å². The van der Waals surface area contributed by atoms with E-state index in [4.69, 9.17) is 37.5 Å². The van der Waals surface area contributed by atoms with E-state index in [2.05, 4.69) is 5.16 Å². The standard InChI is InChI=1S/C27H28Cl2N2O6/c1-5-22(32)16-9-11-17(12-10-16)35-24(33)21-14-27(15-31(21)25(34)36-26(2,3)4)13-20(30-37-27)23-18(28)7-6-8-19(23)29/h6-12,21H,5,13-15H2,1-4H3/t21-,27-/m0/s1. The SMILES string of the molecule is CCC(=O)c1ccc(OC(=O)[C@@H]2C[C@@]3(CC(c4c(Cl)cccc4Cl)=NO3)CN2C(=O)OC(C)(C)C)cc1. The van der Waals surface area contributed by atoms with Crippen LogP contribution in [-0.2, 0) is 14.4 Å². The second-order valence-electron chi connectivity index (χ2n) is 10.1. The molecule has 0 unspecified atom stereocenters. The van der Waals surface area contributed by atoms with Crippen LogP contribution >= 0.6 is 23.2 Å². The first-order valence-corrected chi connectivity index (χ1v) is 12.7. The van der Waals surface area contributed by atoms with E-state index in [1.807, 2.05) is 0 Å². The maximum absolute atomic E-state index is 13.3. The quantitative estimate of drug-likeness (QED) is 0.257. The van der Waals surface area contributed by atoms with Crippen LogP contribution in [0.5, 0.6) is 5.75 Å². The zero-order valence-electron chi connectivity index (χ0n) is 21.0. The molecule has 1 saturated heterocycles. The van der Waals surface area contributed by atoms with Crippen molar-refractivity contribution in [1.82, 2.24) is 4.90 Å². The van der Waals surface area contributed by atoms with Crippen LogP contribution in [0.25, 0.3) is 0 Å². The largest absolute Gasteiger partial charge is 0.444 e. The Labute approximate surface area is 225 Å². The van der Waals surface area contributed by atoms with Crippen molar-refractivity contribution in [3.05, 3.63) is 63.6 Å². The van der Waals surface area contributed by atoms with Crippen LogP contribution in [0.15, 0.2) is 47.6 Å². The number of carbonyl (C=O) groups excluding carboxylic acids is 3. The number of hydrogen-bond acceptors (Lipinski definition) is 7. The van der Waals surface area contributed by atoms with Gasteiger partial charge in [0.1, 0.15) is 17.4 Å². The number of oxime groups is 1. The number of esters is 1. The van der Waals surface area contributed by atoms with E-state index in [9.17, 15) is 14.4 Å². The van der Waals surface area contributed by atoms with Crippen LogP contribution in [0.2, 0.25) is 10.0 Å². The van der Waals surface area contributed by atoms with Gasteiger partial charge in [-0.3, -0.25) is 9.69 Å². The van der Waals surface area contributed by atoms with Gasteiger partial charge in [0.25, 0.3) is 0 Å². The van der Waals surface area contributed by atoms with Gasteiger partial charge in [0, 0.05) is 30.4 Å². The normalized spacial score (nSPS) is 21.0. The van der Waals surface area contributed by atoms with Crippen LogP contribution in [0.1, 0.15) is 62.9 Å². The molecule has 4 rings (SSSR count). The van der Waals surface area contributed by atoms with Crippen LogP contribution < -0.4 is 4.74 Å². The summed E-state index contributed by atoms with van der Waals surface area (Å²) in [7, 11) is 0. The van der Waals surface area contributed by atoms with Crippen molar-refractivity contribution in [3.63, 3.8) is 0 Å². The van der Waals surface area contributed by atoms with Crippen LogP contribution in [-0.4, -0.2) is 52.2 Å². The number of ketones is 1. The smallest absolute Gasteiger partial charge is 0.411 e. The molecular formula is C27H28Cl2N2O6. The van der Waals surface area contributed by atoms with Crippen LogP contribution in [0.4, 0.5) is 4.79 Å². The van der Waals surface area contributed by atoms with Gasteiger partial charge >= 0.3 is 12.1 Å². The molecule has 10 heteroatoms. The maximum Gasteiger partial charge on any atom is 0.411 e.